The van der Waals surface area contributed by atoms with Crippen LogP contribution in [0.3, 0.4) is 0 Å². The van der Waals surface area contributed by atoms with Gasteiger partial charge in [-0.1, -0.05) is 53.3 Å². The number of hydrogen-bond acceptors (Lipinski definition) is 7. The highest BCUT2D eigenvalue weighted by Crippen LogP contribution is 2.40. The molecule has 0 atom stereocenters. The summed E-state index contributed by atoms with van der Waals surface area (Å²) in [5.41, 5.74) is -1.91. The van der Waals surface area contributed by atoms with E-state index in [1.54, 1.807) is 30.3 Å². The second-order valence-corrected chi connectivity index (χ2v) is 10.6. The fourth-order valence-electron chi connectivity index (χ4n) is 3.19. The molecule has 0 amide bonds. The van der Waals surface area contributed by atoms with Gasteiger partial charge in [0.15, 0.2) is 9.90 Å². The number of carbonyl (C=O) groups is 1. The monoisotopic (exact) mass is 541 g/mol. The van der Waals surface area contributed by atoms with E-state index in [0.717, 1.165) is 6.20 Å². The number of thiazole rings is 1. The largest absolute Gasteiger partial charge is 0.462 e. The lowest BCUT2D eigenvalue weighted by atomic mass is 10.2. The molecule has 0 aliphatic carbocycles. The zero-order valence-corrected chi connectivity index (χ0v) is 20.2. The third-order valence-corrected chi connectivity index (χ3v) is 8.27. The first-order valence-electron chi connectivity index (χ1n) is 9.93. The minimum atomic E-state index is -5.01. The molecule has 0 saturated heterocycles. The standard InChI is InChI=1S/C22H15ClF3N3O4S2/c1-2-33-19(30)16-12-27-29(18(16)22(24,25)26)21-28-17(13-6-4-3-5-7-13)20(34-21)35(31,32)15-10-8-14(23)9-11-15/h3-12H,2H2,1H3. The molecule has 0 fully saturated rings. The van der Waals surface area contributed by atoms with Crippen LogP contribution in [-0.2, 0) is 20.8 Å². The number of sulfone groups is 1. The molecule has 13 heteroatoms. The van der Waals surface area contributed by atoms with Gasteiger partial charge in [-0.05, 0) is 31.2 Å². The number of hydrogen-bond donors (Lipinski definition) is 0. The van der Waals surface area contributed by atoms with E-state index in [1.165, 1.54) is 31.2 Å². The normalized spacial score (nSPS) is 12.0. The number of nitrogens with zero attached hydrogens (tertiary/aromatic N) is 3. The third kappa shape index (κ3) is 4.81. The van der Waals surface area contributed by atoms with E-state index >= 15 is 0 Å². The summed E-state index contributed by atoms with van der Waals surface area (Å²) in [6.07, 6.45) is -4.29. The molecule has 0 radical (unpaired) electrons. The van der Waals surface area contributed by atoms with Crippen LogP contribution in [0, 0.1) is 0 Å². The Hall–Kier alpha value is -3.22. The second kappa shape index (κ2) is 9.44. The molecular formula is C22H15ClF3N3O4S2. The molecule has 0 unspecified atom stereocenters. The van der Waals surface area contributed by atoms with E-state index in [2.05, 4.69) is 10.1 Å². The topological polar surface area (TPSA) is 91.2 Å². The minimum absolute atomic E-state index is 0.0538. The smallest absolute Gasteiger partial charge is 0.434 e. The number of esters is 1. The quantitative estimate of drug-likeness (QED) is 0.292. The summed E-state index contributed by atoms with van der Waals surface area (Å²) < 4.78 is 73.7. The Labute approximate surface area is 206 Å². The molecule has 2 heterocycles. The van der Waals surface area contributed by atoms with Crippen molar-refractivity contribution in [3.05, 3.63) is 77.1 Å². The SMILES string of the molecule is CCOC(=O)c1cnn(-c2nc(-c3ccccc3)c(S(=O)(=O)c3ccc(Cl)cc3)s2)c1C(F)(F)F. The number of ether oxygens (including phenoxy) is 1. The Morgan fingerprint density at radius 3 is 2.37 bits per heavy atom. The Morgan fingerprint density at radius 1 is 1.11 bits per heavy atom. The zero-order chi connectivity index (χ0) is 25.4. The van der Waals surface area contributed by atoms with Gasteiger partial charge in [-0.2, -0.15) is 18.3 Å². The molecule has 0 saturated carbocycles. The molecule has 2 aromatic carbocycles. The number of benzene rings is 2. The van der Waals surface area contributed by atoms with Crippen LogP contribution in [0.4, 0.5) is 13.2 Å². The van der Waals surface area contributed by atoms with Gasteiger partial charge in [0.2, 0.25) is 15.0 Å². The summed E-state index contributed by atoms with van der Waals surface area (Å²) in [5, 5.41) is 3.63. The Morgan fingerprint density at radius 2 is 1.77 bits per heavy atom. The van der Waals surface area contributed by atoms with Crippen LogP contribution in [0.5, 0.6) is 0 Å². The Balaban J connectivity index is 1.96. The highest BCUT2D eigenvalue weighted by Gasteiger charge is 2.42. The highest BCUT2D eigenvalue weighted by molar-refractivity contribution is 7.93. The summed E-state index contributed by atoms with van der Waals surface area (Å²) in [5.74, 6) is -1.21. The van der Waals surface area contributed by atoms with Crippen LogP contribution in [-0.4, -0.2) is 35.8 Å². The van der Waals surface area contributed by atoms with Crippen molar-refractivity contribution in [2.75, 3.05) is 6.61 Å². The van der Waals surface area contributed by atoms with Crippen LogP contribution in [0.15, 0.2) is 69.9 Å². The van der Waals surface area contributed by atoms with Crippen LogP contribution < -0.4 is 0 Å². The van der Waals surface area contributed by atoms with Crippen LogP contribution >= 0.6 is 22.9 Å². The predicted octanol–water partition coefficient (Wildman–Crippen LogP) is 5.68. The van der Waals surface area contributed by atoms with Crippen LogP contribution in [0.1, 0.15) is 23.0 Å². The lowest BCUT2D eigenvalue weighted by Gasteiger charge is -2.10. The van der Waals surface area contributed by atoms with Crippen molar-refractivity contribution < 1.29 is 31.1 Å². The fraction of sp³-hybridized carbons (Fsp3) is 0.136. The molecule has 0 spiro atoms. The van der Waals surface area contributed by atoms with E-state index in [0.29, 0.717) is 26.6 Å². The number of carbonyl (C=O) groups excluding carboxylic acids is 1. The molecular weight excluding hydrogens is 527 g/mol. The van der Waals surface area contributed by atoms with E-state index in [-0.39, 0.29) is 26.5 Å². The van der Waals surface area contributed by atoms with E-state index in [4.69, 9.17) is 16.3 Å². The average molecular weight is 542 g/mol. The number of aromatic nitrogens is 3. The number of alkyl halides is 3. The molecule has 0 N–H and O–H groups in total. The number of rotatable bonds is 6. The molecule has 4 aromatic rings. The first kappa shape index (κ1) is 24.9. The molecule has 2 aromatic heterocycles. The molecule has 4 rings (SSSR count). The first-order chi connectivity index (χ1) is 16.5. The summed E-state index contributed by atoms with van der Waals surface area (Å²) >= 11 is 6.37. The lowest BCUT2D eigenvalue weighted by molar-refractivity contribution is -0.143. The van der Waals surface area contributed by atoms with Gasteiger partial charge in [-0.25, -0.2) is 22.9 Å². The van der Waals surface area contributed by atoms with Crippen LogP contribution in [0.2, 0.25) is 5.02 Å². The summed E-state index contributed by atoms with van der Waals surface area (Å²) in [4.78, 5) is 16.2. The van der Waals surface area contributed by atoms with Crippen molar-refractivity contribution >= 4 is 38.7 Å². The van der Waals surface area contributed by atoms with Crippen molar-refractivity contribution in [1.82, 2.24) is 14.8 Å². The maximum Gasteiger partial charge on any atom is 0.434 e. The van der Waals surface area contributed by atoms with Gasteiger partial charge in [0.1, 0.15) is 11.3 Å². The van der Waals surface area contributed by atoms with Crippen molar-refractivity contribution in [2.45, 2.75) is 22.2 Å². The fourth-order valence-corrected chi connectivity index (χ4v) is 6.18. The zero-order valence-electron chi connectivity index (χ0n) is 17.8. The molecule has 182 valence electrons. The summed E-state index contributed by atoms with van der Waals surface area (Å²) in [6, 6.07) is 13.5. The van der Waals surface area contributed by atoms with Crippen molar-refractivity contribution in [3.8, 4) is 16.4 Å². The van der Waals surface area contributed by atoms with Gasteiger partial charge >= 0.3 is 12.1 Å². The summed E-state index contributed by atoms with van der Waals surface area (Å²) in [7, 11) is -4.20. The molecule has 0 aliphatic heterocycles. The van der Waals surface area contributed by atoms with Crippen molar-refractivity contribution in [1.29, 1.82) is 0 Å². The summed E-state index contributed by atoms with van der Waals surface area (Å²) in [6.45, 7) is 1.32. The van der Waals surface area contributed by atoms with Gasteiger partial charge in [0.05, 0.1) is 17.7 Å². The van der Waals surface area contributed by atoms with E-state index < -0.39 is 33.2 Å². The van der Waals surface area contributed by atoms with Gasteiger partial charge in [-0.3, -0.25) is 0 Å². The second-order valence-electron chi connectivity index (χ2n) is 6.99. The first-order valence-corrected chi connectivity index (χ1v) is 12.6. The molecule has 7 nitrogen and oxygen atoms in total. The van der Waals surface area contributed by atoms with Gasteiger partial charge in [-0.15, -0.1) is 0 Å². The molecule has 35 heavy (non-hydrogen) atoms. The predicted molar refractivity (Wildman–Crippen MR) is 123 cm³/mol. The molecule has 0 aliphatic rings. The highest BCUT2D eigenvalue weighted by atomic mass is 35.5. The number of halogens is 4. The maximum atomic E-state index is 14.0. The molecule has 0 bridgehead atoms. The Bertz CT molecular complexity index is 1480. The van der Waals surface area contributed by atoms with Crippen molar-refractivity contribution in [3.63, 3.8) is 0 Å². The maximum absolute atomic E-state index is 14.0. The minimum Gasteiger partial charge on any atom is -0.462 e. The third-order valence-electron chi connectivity index (χ3n) is 4.71. The van der Waals surface area contributed by atoms with Gasteiger partial charge in [0, 0.05) is 10.6 Å². The van der Waals surface area contributed by atoms with E-state index in [9.17, 15) is 26.4 Å². The van der Waals surface area contributed by atoms with Gasteiger partial charge < -0.3 is 4.74 Å². The van der Waals surface area contributed by atoms with Crippen molar-refractivity contribution in [2.24, 2.45) is 0 Å². The van der Waals surface area contributed by atoms with Gasteiger partial charge in [0.25, 0.3) is 0 Å². The van der Waals surface area contributed by atoms with E-state index in [1.807, 2.05) is 0 Å². The lowest BCUT2D eigenvalue weighted by Crippen LogP contribution is -2.18. The Kier molecular flexibility index (Phi) is 6.71. The van der Waals surface area contributed by atoms with Crippen LogP contribution in [0.25, 0.3) is 16.4 Å². The average Bonchev–Trinajstić information content (AvgIpc) is 3.45.